The van der Waals surface area contributed by atoms with Crippen molar-refractivity contribution in [2.45, 2.75) is 9.79 Å². The summed E-state index contributed by atoms with van der Waals surface area (Å²) in [7, 11) is 0. The van der Waals surface area contributed by atoms with Gasteiger partial charge in [0.2, 0.25) is 0 Å². The lowest BCUT2D eigenvalue weighted by atomic mass is 9.94. The number of aromatic nitrogens is 4. The molecule has 0 amide bonds. The molecule has 0 bridgehead atoms. The van der Waals surface area contributed by atoms with Gasteiger partial charge < -0.3 is 4.57 Å². The maximum atomic E-state index is 5.39. The maximum absolute atomic E-state index is 5.39. The molecule has 1 aliphatic heterocycles. The van der Waals surface area contributed by atoms with Crippen LogP contribution < -0.4 is 0 Å². The minimum atomic E-state index is 0.694. The Hall–Kier alpha value is -7.73. The summed E-state index contributed by atoms with van der Waals surface area (Å²) < 4.78 is 4.75. The molecule has 0 saturated carbocycles. The summed E-state index contributed by atoms with van der Waals surface area (Å²) in [4.78, 5) is 13.1. The van der Waals surface area contributed by atoms with Crippen LogP contribution in [-0.2, 0) is 0 Å². The summed E-state index contributed by atoms with van der Waals surface area (Å²) in [5.74, 6) is 1.53. The number of nitrogens with zero attached hydrogens (tertiary/aromatic N) is 4. The first-order valence-corrected chi connectivity index (χ1v) is 21.5. The van der Waals surface area contributed by atoms with Crippen LogP contribution in [0.15, 0.2) is 216 Å². The zero-order valence-corrected chi connectivity index (χ0v) is 33.6. The largest absolute Gasteiger partial charge is 0.309 e. The van der Waals surface area contributed by atoms with E-state index >= 15 is 0 Å². The fraction of sp³-hybridized carbons (Fsp3) is 0. The highest BCUT2D eigenvalue weighted by atomic mass is 32.2. The van der Waals surface area contributed by atoms with Gasteiger partial charge in [-0.3, -0.25) is 4.57 Å². The van der Waals surface area contributed by atoms with E-state index in [1.54, 1.807) is 0 Å². The van der Waals surface area contributed by atoms with E-state index in [-0.39, 0.29) is 0 Å². The first-order valence-electron chi connectivity index (χ1n) is 20.7. The van der Waals surface area contributed by atoms with Crippen LogP contribution in [0.3, 0.4) is 0 Å². The van der Waals surface area contributed by atoms with Crippen molar-refractivity contribution in [3.8, 4) is 56.4 Å². The molecule has 284 valence electrons. The molecule has 9 aromatic carbocycles. The van der Waals surface area contributed by atoms with Gasteiger partial charge in [-0.25, -0.2) is 9.97 Å². The van der Waals surface area contributed by atoms with Crippen LogP contribution in [0.2, 0.25) is 0 Å². The smallest absolute Gasteiger partial charge is 0.162 e. The molecule has 5 heteroatoms. The molecular weight excluding hydrogens is 761 g/mol. The standard InChI is InChI=1S/C56H34N4S/c1-4-15-35(16-5-1)46-33-53(58-56(57-46)36-17-6-2-7-18-36)60-49-30-28-38(37-27-29-48-44(31-37)40-21-10-12-25-47(40)59(48)39-19-8-3-9-20-39)32-45(49)54-43-24-14-23-42-41-22-11-13-26-51(41)61-52(55(42)43)34-50(54)60/h1-34H. The van der Waals surface area contributed by atoms with Crippen molar-refractivity contribution < 1.29 is 0 Å². The predicted molar refractivity (Wildman–Crippen MR) is 254 cm³/mol. The zero-order chi connectivity index (χ0) is 40.0. The van der Waals surface area contributed by atoms with Crippen LogP contribution in [-0.4, -0.2) is 19.1 Å². The summed E-state index contributed by atoms with van der Waals surface area (Å²) in [5, 5.41) is 7.44. The van der Waals surface area contributed by atoms with Crippen LogP contribution in [0.1, 0.15) is 0 Å². The maximum Gasteiger partial charge on any atom is 0.162 e. The molecule has 0 aliphatic carbocycles. The second-order valence-electron chi connectivity index (χ2n) is 15.7. The Bertz CT molecular complexity index is 3660. The monoisotopic (exact) mass is 794 g/mol. The predicted octanol–water partition coefficient (Wildman–Crippen LogP) is 15.0. The lowest BCUT2D eigenvalue weighted by molar-refractivity contribution is 1.05. The summed E-state index contributed by atoms with van der Waals surface area (Å²) in [5.41, 5.74) is 13.6. The van der Waals surface area contributed by atoms with E-state index in [1.165, 1.54) is 75.4 Å². The van der Waals surface area contributed by atoms with Gasteiger partial charge in [0.05, 0.1) is 27.8 Å². The van der Waals surface area contributed by atoms with Crippen molar-refractivity contribution in [1.82, 2.24) is 19.1 Å². The van der Waals surface area contributed by atoms with E-state index in [9.17, 15) is 0 Å². The van der Waals surface area contributed by atoms with E-state index in [2.05, 4.69) is 203 Å². The third kappa shape index (κ3) is 5.27. The highest BCUT2D eigenvalue weighted by Gasteiger charge is 2.25. The number of fused-ring (bicyclic) bond motifs is 9. The quantitative estimate of drug-likeness (QED) is 0.174. The molecule has 4 heterocycles. The van der Waals surface area contributed by atoms with Gasteiger partial charge in [0, 0.05) is 59.6 Å². The minimum absolute atomic E-state index is 0.694. The van der Waals surface area contributed by atoms with Crippen molar-refractivity contribution in [3.63, 3.8) is 0 Å². The van der Waals surface area contributed by atoms with Gasteiger partial charge >= 0.3 is 0 Å². The molecule has 0 unspecified atom stereocenters. The molecule has 0 spiro atoms. The summed E-state index contributed by atoms with van der Waals surface area (Å²) in [6, 6.07) is 74.3. The SMILES string of the molecule is c1ccc(-c2cc(-n3c4ccc(-c5ccc6c(c5)c5ccccc5n6-c5ccccc5)cc4c4c5cccc6c5c(cc43)Sc3ccccc3-6)nc(-c3ccccc3)n2)cc1. The lowest BCUT2D eigenvalue weighted by Gasteiger charge is -2.21. The number of rotatable bonds is 5. The Kier molecular flexibility index (Phi) is 7.50. The first-order chi connectivity index (χ1) is 30.2. The first kappa shape index (κ1) is 34.2. The fourth-order valence-corrected chi connectivity index (χ4v) is 10.8. The van der Waals surface area contributed by atoms with E-state index in [1.807, 2.05) is 23.9 Å². The molecule has 61 heavy (non-hydrogen) atoms. The third-order valence-electron chi connectivity index (χ3n) is 12.3. The van der Waals surface area contributed by atoms with Crippen LogP contribution in [0.5, 0.6) is 0 Å². The van der Waals surface area contributed by atoms with E-state index < -0.39 is 0 Å². The normalized spacial score (nSPS) is 12.2. The molecule has 3 aromatic heterocycles. The van der Waals surface area contributed by atoms with Crippen LogP contribution in [0.25, 0.3) is 111 Å². The molecule has 13 rings (SSSR count). The molecule has 0 atom stereocenters. The fourth-order valence-electron chi connectivity index (χ4n) is 9.61. The van der Waals surface area contributed by atoms with Crippen molar-refractivity contribution in [2.75, 3.05) is 0 Å². The molecule has 0 N–H and O–H groups in total. The van der Waals surface area contributed by atoms with Gasteiger partial charge in [-0.1, -0.05) is 157 Å². The van der Waals surface area contributed by atoms with Crippen molar-refractivity contribution in [3.05, 3.63) is 206 Å². The van der Waals surface area contributed by atoms with E-state index in [0.29, 0.717) is 5.82 Å². The second kappa shape index (κ2) is 13.4. The molecule has 12 aromatic rings. The van der Waals surface area contributed by atoms with Crippen LogP contribution >= 0.6 is 11.8 Å². The molecule has 0 saturated heterocycles. The van der Waals surface area contributed by atoms with Gasteiger partial charge in [-0.15, -0.1) is 0 Å². The molecule has 1 aliphatic rings. The van der Waals surface area contributed by atoms with Crippen LogP contribution in [0, 0.1) is 0 Å². The van der Waals surface area contributed by atoms with Crippen molar-refractivity contribution >= 4 is 66.1 Å². The Morgan fingerprint density at radius 3 is 1.77 bits per heavy atom. The van der Waals surface area contributed by atoms with Gasteiger partial charge in [0.1, 0.15) is 5.82 Å². The third-order valence-corrected chi connectivity index (χ3v) is 13.4. The van der Waals surface area contributed by atoms with Crippen molar-refractivity contribution in [2.24, 2.45) is 0 Å². The summed E-state index contributed by atoms with van der Waals surface area (Å²) >= 11 is 1.86. The number of para-hydroxylation sites is 2. The number of hydrogen-bond donors (Lipinski definition) is 0. The lowest BCUT2D eigenvalue weighted by Crippen LogP contribution is -2.03. The average molecular weight is 795 g/mol. The van der Waals surface area contributed by atoms with E-state index in [4.69, 9.17) is 9.97 Å². The number of hydrogen-bond acceptors (Lipinski definition) is 3. The number of benzene rings is 9. The molecule has 0 radical (unpaired) electrons. The van der Waals surface area contributed by atoms with Crippen molar-refractivity contribution in [1.29, 1.82) is 0 Å². The highest BCUT2D eigenvalue weighted by molar-refractivity contribution is 7.99. The molecular formula is C56H34N4S. The zero-order valence-electron chi connectivity index (χ0n) is 32.8. The Morgan fingerprint density at radius 2 is 0.967 bits per heavy atom. The summed E-state index contributed by atoms with van der Waals surface area (Å²) in [6.45, 7) is 0. The van der Waals surface area contributed by atoms with E-state index in [0.717, 1.165) is 39.4 Å². The summed E-state index contributed by atoms with van der Waals surface area (Å²) in [6.07, 6.45) is 0. The Balaban J connectivity index is 1.10. The second-order valence-corrected chi connectivity index (χ2v) is 16.8. The van der Waals surface area contributed by atoms with Gasteiger partial charge in [0.25, 0.3) is 0 Å². The Morgan fingerprint density at radius 1 is 0.344 bits per heavy atom. The van der Waals surface area contributed by atoms with Crippen LogP contribution in [0.4, 0.5) is 0 Å². The minimum Gasteiger partial charge on any atom is -0.309 e. The highest BCUT2D eigenvalue weighted by Crippen LogP contribution is 2.51. The van der Waals surface area contributed by atoms with Gasteiger partial charge in [-0.05, 0) is 82.2 Å². The molecule has 0 fully saturated rings. The molecule has 4 nitrogen and oxygen atoms in total. The van der Waals surface area contributed by atoms with Gasteiger partial charge in [0.15, 0.2) is 5.82 Å². The average Bonchev–Trinajstić information content (AvgIpc) is 3.84. The Labute approximate surface area is 356 Å². The topological polar surface area (TPSA) is 35.6 Å². The van der Waals surface area contributed by atoms with Gasteiger partial charge in [-0.2, -0.15) is 0 Å².